The van der Waals surface area contributed by atoms with Crippen LogP contribution in [0.5, 0.6) is 0 Å². The molecule has 2 atom stereocenters. The van der Waals surface area contributed by atoms with Crippen molar-refractivity contribution in [3.8, 4) is 0 Å². The minimum atomic E-state index is 0.497. The molecular weight excluding hydrogens is 172 g/mol. The second kappa shape index (κ2) is 4.19. The molecule has 0 aliphatic heterocycles. The summed E-state index contributed by atoms with van der Waals surface area (Å²) in [6.45, 7) is 4.44. The zero-order valence-corrected chi connectivity index (χ0v) is 9.39. The normalized spacial score (nSPS) is 35.6. The van der Waals surface area contributed by atoms with Gasteiger partial charge in [-0.1, -0.05) is 12.8 Å². The molecule has 2 aliphatic rings. The van der Waals surface area contributed by atoms with Gasteiger partial charge in [-0.2, -0.15) is 0 Å². The van der Waals surface area contributed by atoms with E-state index in [1.807, 2.05) is 0 Å². The van der Waals surface area contributed by atoms with E-state index in [4.69, 9.17) is 5.73 Å². The smallest absolute Gasteiger partial charge is 0.0154 e. The lowest BCUT2D eigenvalue weighted by Crippen LogP contribution is -2.38. The van der Waals surface area contributed by atoms with Crippen molar-refractivity contribution in [2.45, 2.75) is 51.0 Å². The lowest BCUT2D eigenvalue weighted by Gasteiger charge is -2.31. The van der Waals surface area contributed by atoms with Crippen LogP contribution in [0.4, 0.5) is 0 Å². The van der Waals surface area contributed by atoms with Gasteiger partial charge in [0, 0.05) is 5.54 Å². The SMILES string of the molecule is CC1(NCC2CCCCC2CN)CC1. The number of hydrogen-bond acceptors (Lipinski definition) is 2. The van der Waals surface area contributed by atoms with Crippen molar-refractivity contribution in [2.75, 3.05) is 13.1 Å². The first-order chi connectivity index (χ1) is 6.73. The Hall–Kier alpha value is -0.0800. The molecule has 0 bridgehead atoms. The zero-order valence-electron chi connectivity index (χ0n) is 9.39. The highest BCUT2D eigenvalue weighted by atomic mass is 15.0. The maximum atomic E-state index is 5.82. The van der Waals surface area contributed by atoms with E-state index in [0.717, 1.165) is 18.4 Å². The monoisotopic (exact) mass is 196 g/mol. The van der Waals surface area contributed by atoms with Gasteiger partial charge in [-0.25, -0.2) is 0 Å². The van der Waals surface area contributed by atoms with Gasteiger partial charge in [0.2, 0.25) is 0 Å². The number of hydrogen-bond donors (Lipinski definition) is 2. The summed E-state index contributed by atoms with van der Waals surface area (Å²) in [5.74, 6) is 1.64. The van der Waals surface area contributed by atoms with E-state index >= 15 is 0 Å². The highest BCUT2D eigenvalue weighted by Gasteiger charge is 2.37. The first-order valence-electron chi connectivity index (χ1n) is 6.19. The maximum absolute atomic E-state index is 5.82. The molecule has 2 fully saturated rings. The van der Waals surface area contributed by atoms with Gasteiger partial charge >= 0.3 is 0 Å². The molecule has 2 aliphatic carbocycles. The van der Waals surface area contributed by atoms with Crippen molar-refractivity contribution in [3.05, 3.63) is 0 Å². The summed E-state index contributed by atoms with van der Waals surface area (Å²) in [5, 5.41) is 3.71. The number of rotatable bonds is 4. The largest absolute Gasteiger partial charge is 0.330 e. The molecule has 2 nitrogen and oxygen atoms in total. The van der Waals surface area contributed by atoms with Crippen LogP contribution in [0.25, 0.3) is 0 Å². The second-order valence-electron chi connectivity index (χ2n) is 5.48. The summed E-state index contributed by atoms with van der Waals surface area (Å²) in [7, 11) is 0. The van der Waals surface area contributed by atoms with Crippen LogP contribution in [0, 0.1) is 11.8 Å². The van der Waals surface area contributed by atoms with Crippen molar-refractivity contribution in [1.29, 1.82) is 0 Å². The molecular formula is C12H24N2. The Balaban J connectivity index is 1.76. The standard InChI is InChI=1S/C12H24N2/c1-12(6-7-12)14-9-11-5-3-2-4-10(11)8-13/h10-11,14H,2-9,13H2,1H3. The number of nitrogens with two attached hydrogens (primary N) is 1. The van der Waals surface area contributed by atoms with Crippen LogP contribution in [0.3, 0.4) is 0 Å². The fraction of sp³-hybridized carbons (Fsp3) is 1.00. The van der Waals surface area contributed by atoms with Crippen LogP contribution >= 0.6 is 0 Å². The summed E-state index contributed by atoms with van der Waals surface area (Å²) in [6, 6.07) is 0. The molecule has 14 heavy (non-hydrogen) atoms. The van der Waals surface area contributed by atoms with Gasteiger partial charge in [0.1, 0.15) is 0 Å². The molecule has 0 amide bonds. The van der Waals surface area contributed by atoms with Crippen molar-refractivity contribution < 1.29 is 0 Å². The fourth-order valence-electron chi connectivity index (χ4n) is 2.61. The van der Waals surface area contributed by atoms with Gasteiger partial charge < -0.3 is 11.1 Å². The van der Waals surface area contributed by atoms with E-state index in [0.29, 0.717) is 5.54 Å². The molecule has 0 aromatic rings. The Bertz CT molecular complexity index is 187. The molecule has 2 rings (SSSR count). The Morgan fingerprint density at radius 1 is 1.21 bits per heavy atom. The topological polar surface area (TPSA) is 38.0 Å². The molecule has 3 N–H and O–H groups in total. The maximum Gasteiger partial charge on any atom is 0.0154 e. The first kappa shape index (κ1) is 10.4. The Kier molecular flexibility index (Phi) is 3.13. The first-order valence-corrected chi connectivity index (χ1v) is 6.19. The third-order valence-corrected chi connectivity index (χ3v) is 4.16. The highest BCUT2D eigenvalue weighted by molar-refractivity contribution is 4.98. The van der Waals surface area contributed by atoms with E-state index < -0.39 is 0 Å². The van der Waals surface area contributed by atoms with Gasteiger partial charge in [0.25, 0.3) is 0 Å². The lowest BCUT2D eigenvalue weighted by molar-refractivity contribution is 0.228. The molecule has 0 aromatic carbocycles. The van der Waals surface area contributed by atoms with E-state index in [1.165, 1.54) is 45.1 Å². The van der Waals surface area contributed by atoms with Crippen LogP contribution in [0.15, 0.2) is 0 Å². The molecule has 0 heterocycles. The second-order valence-corrected chi connectivity index (χ2v) is 5.48. The van der Waals surface area contributed by atoms with Gasteiger partial charge in [-0.3, -0.25) is 0 Å². The van der Waals surface area contributed by atoms with E-state index in [9.17, 15) is 0 Å². The molecule has 0 spiro atoms. The van der Waals surface area contributed by atoms with Crippen LogP contribution < -0.4 is 11.1 Å². The molecule has 2 saturated carbocycles. The summed E-state index contributed by atoms with van der Waals surface area (Å²) >= 11 is 0. The molecule has 82 valence electrons. The van der Waals surface area contributed by atoms with Crippen molar-refractivity contribution in [3.63, 3.8) is 0 Å². The average Bonchev–Trinajstić information content (AvgIpc) is 2.95. The molecule has 0 aromatic heterocycles. The Morgan fingerprint density at radius 3 is 2.43 bits per heavy atom. The van der Waals surface area contributed by atoms with Crippen LogP contribution in [-0.4, -0.2) is 18.6 Å². The minimum Gasteiger partial charge on any atom is -0.330 e. The fourth-order valence-corrected chi connectivity index (χ4v) is 2.61. The third kappa shape index (κ3) is 2.48. The molecule has 0 saturated heterocycles. The zero-order chi connectivity index (χ0) is 10.0. The van der Waals surface area contributed by atoms with Crippen molar-refractivity contribution >= 4 is 0 Å². The summed E-state index contributed by atoms with van der Waals surface area (Å²) in [4.78, 5) is 0. The van der Waals surface area contributed by atoms with Gasteiger partial charge in [0.05, 0.1) is 0 Å². The average molecular weight is 196 g/mol. The van der Waals surface area contributed by atoms with Crippen LogP contribution in [-0.2, 0) is 0 Å². The van der Waals surface area contributed by atoms with Crippen LogP contribution in [0.2, 0.25) is 0 Å². The lowest BCUT2D eigenvalue weighted by atomic mass is 9.79. The number of nitrogens with one attached hydrogen (secondary N) is 1. The van der Waals surface area contributed by atoms with E-state index in [-0.39, 0.29) is 0 Å². The van der Waals surface area contributed by atoms with E-state index in [2.05, 4.69) is 12.2 Å². The third-order valence-electron chi connectivity index (χ3n) is 4.16. The highest BCUT2D eigenvalue weighted by Crippen LogP contribution is 2.36. The predicted octanol–water partition coefficient (Wildman–Crippen LogP) is 1.89. The summed E-state index contributed by atoms with van der Waals surface area (Å²) in [5.41, 5.74) is 6.32. The van der Waals surface area contributed by atoms with Crippen molar-refractivity contribution in [2.24, 2.45) is 17.6 Å². The summed E-state index contributed by atoms with van der Waals surface area (Å²) < 4.78 is 0. The quantitative estimate of drug-likeness (QED) is 0.720. The van der Waals surface area contributed by atoms with Crippen LogP contribution in [0.1, 0.15) is 45.4 Å². The molecule has 2 unspecified atom stereocenters. The summed E-state index contributed by atoms with van der Waals surface area (Å²) in [6.07, 6.45) is 8.31. The van der Waals surface area contributed by atoms with Gasteiger partial charge in [0.15, 0.2) is 0 Å². The molecule has 0 radical (unpaired) electrons. The predicted molar refractivity (Wildman–Crippen MR) is 60.1 cm³/mol. The Labute approximate surface area is 87.6 Å². The minimum absolute atomic E-state index is 0.497. The van der Waals surface area contributed by atoms with Crippen molar-refractivity contribution in [1.82, 2.24) is 5.32 Å². The van der Waals surface area contributed by atoms with E-state index in [1.54, 1.807) is 0 Å². The Morgan fingerprint density at radius 2 is 1.86 bits per heavy atom. The molecule has 2 heteroatoms. The van der Waals surface area contributed by atoms with Gasteiger partial charge in [-0.15, -0.1) is 0 Å². The van der Waals surface area contributed by atoms with Gasteiger partial charge in [-0.05, 0) is 57.5 Å².